The van der Waals surface area contributed by atoms with E-state index in [2.05, 4.69) is 17.3 Å². The Morgan fingerprint density at radius 1 is 1.19 bits per heavy atom. The third-order valence-corrected chi connectivity index (χ3v) is 4.14. The second kappa shape index (κ2) is 5.99. The van der Waals surface area contributed by atoms with E-state index in [1.54, 1.807) is 0 Å². The smallest absolute Gasteiger partial charge is 0.0540 e. The number of nitrogens with zero attached hydrogens (tertiary/aromatic N) is 1. The van der Waals surface area contributed by atoms with Gasteiger partial charge in [-0.05, 0) is 64.6 Å². The van der Waals surface area contributed by atoms with E-state index in [9.17, 15) is 5.11 Å². The summed E-state index contributed by atoms with van der Waals surface area (Å²) in [5.41, 5.74) is 0. The average Bonchev–Trinajstić information content (AvgIpc) is 2.28. The fourth-order valence-corrected chi connectivity index (χ4v) is 3.02. The van der Waals surface area contributed by atoms with Gasteiger partial charge in [-0.1, -0.05) is 0 Å². The zero-order valence-corrected chi connectivity index (χ0v) is 10.5. The first-order chi connectivity index (χ1) is 7.74. The summed E-state index contributed by atoms with van der Waals surface area (Å²) in [5.74, 6) is 0.802. The van der Waals surface area contributed by atoms with E-state index in [1.807, 2.05) is 0 Å². The van der Waals surface area contributed by atoms with Gasteiger partial charge in [-0.25, -0.2) is 0 Å². The molecule has 1 saturated heterocycles. The van der Waals surface area contributed by atoms with Crippen LogP contribution in [0.4, 0.5) is 0 Å². The lowest BCUT2D eigenvalue weighted by Crippen LogP contribution is -2.45. The predicted molar refractivity (Wildman–Crippen MR) is 66.5 cm³/mol. The molecule has 0 bridgehead atoms. The Labute approximate surface area is 99.2 Å². The van der Waals surface area contributed by atoms with Crippen molar-refractivity contribution < 1.29 is 5.11 Å². The van der Waals surface area contributed by atoms with Gasteiger partial charge in [0, 0.05) is 12.6 Å². The predicted octanol–water partition coefficient (Wildman–Crippen LogP) is 1.22. The maximum atomic E-state index is 9.45. The first-order valence-corrected chi connectivity index (χ1v) is 6.84. The highest BCUT2D eigenvalue weighted by Crippen LogP contribution is 2.23. The minimum atomic E-state index is -0.0166. The van der Waals surface area contributed by atoms with E-state index in [0.29, 0.717) is 6.04 Å². The van der Waals surface area contributed by atoms with Crippen LogP contribution in [0.1, 0.15) is 38.5 Å². The second-order valence-corrected chi connectivity index (χ2v) is 5.68. The van der Waals surface area contributed by atoms with E-state index in [1.165, 1.54) is 38.8 Å². The van der Waals surface area contributed by atoms with Crippen LogP contribution >= 0.6 is 0 Å². The van der Waals surface area contributed by atoms with Gasteiger partial charge in [0.15, 0.2) is 0 Å². The lowest BCUT2D eigenvalue weighted by atomic mass is 9.87. The monoisotopic (exact) mass is 226 g/mol. The van der Waals surface area contributed by atoms with Gasteiger partial charge in [0.2, 0.25) is 0 Å². The molecular weight excluding hydrogens is 200 g/mol. The van der Waals surface area contributed by atoms with Crippen LogP contribution in [0.5, 0.6) is 0 Å². The number of hydrogen-bond acceptors (Lipinski definition) is 3. The zero-order valence-electron chi connectivity index (χ0n) is 10.5. The van der Waals surface area contributed by atoms with Crippen molar-refractivity contribution in [3.05, 3.63) is 0 Å². The molecule has 1 heterocycles. The number of aliphatic hydroxyl groups excluding tert-OH is 1. The number of piperidine rings is 1. The van der Waals surface area contributed by atoms with Crippen LogP contribution in [0.25, 0.3) is 0 Å². The first kappa shape index (κ1) is 12.3. The largest absolute Gasteiger partial charge is 0.393 e. The van der Waals surface area contributed by atoms with Crippen molar-refractivity contribution >= 4 is 0 Å². The van der Waals surface area contributed by atoms with Gasteiger partial charge in [0.1, 0.15) is 0 Å². The van der Waals surface area contributed by atoms with E-state index < -0.39 is 0 Å². The van der Waals surface area contributed by atoms with Crippen LogP contribution in [-0.2, 0) is 0 Å². The third-order valence-electron chi connectivity index (χ3n) is 4.14. The highest BCUT2D eigenvalue weighted by molar-refractivity contribution is 4.79. The summed E-state index contributed by atoms with van der Waals surface area (Å²) in [6.45, 7) is 3.62. The lowest BCUT2D eigenvalue weighted by Gasteiger charge is -2.32. The molecule has 2 N–H and O–H groups in total. The molecule has 1 atom stereocenters. The van der Waals surface area contributed by atoms with Crippen LogP contribution in [0.2, 0.25) is 0 Å². The molecule has 2 rings (SSSR count). The molecule has 0 spiro atoms. The van der Waals surface area contributed by atoms with Crippen molar-refractivity contribution in [1.29, 1.82) is 0 Å². The first-order valence-electron chi connectivity index (χ1n) is 6.84. The van der Waals surface area contributed by atoms with Gasteiger partial charge in [0.25, 0.3) is 0 Å². The Morgan fingerprint density at radius 2 is 1.94 bits per heavy atom. The second-order valence-electron chi connectivity index (χ2n) is 5.68. The molecule has 0 amide bonds. The van der Waals surface area contributed by atoms with E-state index in [4.69, 9.17) is 0 Å². The van der Waals surface area contributed by atoms with Gasteiger partial charge >= 0.3 is 0 Å². The van der Waals surface area contributed by atoms with Crippen molar-refractivity contribution in [3.63, 3.8) is 0 Å². The van der Waals surface area contributed by atoms with E-state index in [-0.39, 0.29) is 6.10 Å². The fraction of sp³-hybridized carbons (Fsp3) is 1.00. The molecule has 1 saturated carbocycles. The summed E-state index contributed by atoms with van der Waals surface area (Å²) in [7, 11) is 2.21. The maximum Gasteiger partial charge on any atom is 0.0540 e. The van der Waals surface area contributed by atoms with Crippen LogP contribution in [0.3, 0.4) is 0 Å². The Bertz CT molecular complexity index is 202. The number of likely N-dealkylation sites (tertiary alicyclic amines) is 1. The Balaban J connectivity index is 1.63. The average molecular weight is 226 g/mol. The molecular formula is C13H26N2O. The normalized spacial score (nSPS) is 37.5. The zero-order chi connectivity index (χ0) is 11.4. The van der Waals surface area contributed by atoms with Gasteiger partial charge in [-0.3, -0.25) is 0 Å². The molecule has 1 unspecified atom stereocenters. The van der Waals surface area contributed by atoms with Crippen LogP contribution < -0.4 is 5.32 Å². The van der Waals surface area contributed by atoms with Gasteiger partial charge in [0.05, 0.1) is 6.10 Å². The van der Waals surface area contributed by atoms with Crippen molar-refractivity contribution in [3.8, 4) is 0 Å². The summed E-state index contributed by atoms with van der Waals surface area (Å²) in [6, 6.07) is 0.700. The van der Waals surface area contributed by atoms with Crippen molar-refractivity contribution in [1.82, 2.24) is 10.2 Å². The molecule has 3 heteroatoms. The molecule has 0 aromatic heterocycles. The molecule has 16 heavy (non-hydrogen) atoms. The summed E-state index contributed by atoms with van der Waals surface area (Å²) >= 11 is 0. The highest BCUT2D eigenvalue weighted by atomic mass is 16.3. The Morgan fingerprint density at radius 3 is 2.62 bits per heavy atom. The van der Waals surface area contributed by atoms with Gasteiger partial charge < -0.3 is 15.3 Å². The number of hydrogen-bond donors (Lipinski definition) is 2. The summed E-state index contributed by atoms with van der Waals surface area (Å²) in [6.07, 6.45) is 7.08. The summed E-state index contributed by atoms with van der Waals surface area (Å²) in [5, 5.41) is 13.2. The maximum absolute atomic E-state index is 9.45. The third kappa shape index (κ3) is 3.72. The van der Waals surface area contributed by atoms with Crippen molar-refractivity contribution in [2.45, 2.75) is 50.7 Å². The molecule has 94 valence electrons. The topological polar surface area (TPSA) is 35.5 Å². The standard InChI is InChI=1S/C13H26N2O/c1-15-8-2-3-12(10-15)14-9-11-4-6-13(16)7-5-11/h11-14,16H,2-10H2,1H3. The van der Waals surface area contributed by atoms with Crippen molar-refractivity contribution in [2.24, 2.45) is 5.92 Å². The molecule has 0 radical (unpaired) electrons. The molecule has 1 aliphatic carbocycles. The highest BCUT2D eigenvalue weighted by Gasteiger charge is 2.21. The summed E-state index contributed by atoms with van der Waals surface area (Å²) < 4.78 is 0. The van der Waals surface area contributed by atoms with Crippen molar-refractivity contribution in [2.75, 3.05) is 26.7 Å². The molecule has 2 aliphatic rings. The van der Waals surface area contributed by atoms with Crippen LogP contribution in [0, 0.1) is 5.92 Å². The number of nitrogens with one attached hydrogen (secondary N) is 1. The Kier molecular flexibility index (Phi) is 4.62. The SMILES string of the molecule is CN1CCCC(NCC2CCC(O)CC2)C1. The fourth-order valence-electron chi connectivity index (χ4n) is 3.02. The summed E-state index contributed by atoms with van der Waals surface area (Å²) in [4.78, 5) is 2.42. The number of aliphatic hydroxyl groups is 1. The molecule has 0 aromatic rings. The molecule has 0 aromatic carbocycles. The van der Waals surface area contributed by atoms with Crippen LogP contribution in [0.15, 0.2) is 0 Å². The van der Waals surface area contributed by atoms with Crippen LogP contribution in [-0.4, -0.2) is 48.8 Å². The number of rotatable bonds is 3. The molecule has 2 fully saturated rings. The van der Waals surface area contributed by atoms with E-state index in [0.717, 1.165) is 25.3 Å². The lowest BCUT2D eigenvalue weighted by molar-refractivity contribution is 0.106. The van der Waals surface area contributed by atoms with Gasteiger partial charge in [-0.15, -0.1) is 0 Å². The number of likely N-dealkylation sites (N-methyl/N-ethyl adjacent to an activating group) is 1. The Hall–Kier alpha value is -0.120. The minimum absolute atomic E-state index is 0.0166. The minimum Gasteiger partial charge on any atom is -0.393 e. The molecule has 3 nitrogen and oxygen atoms in total. The quantitative estimate of drug-likeness (QED) is 0.759. The molecule has 1 aliphatic heterocycles. The van der Waals surface area contributed by atoms with E-state index >= 15 is 0 Å². The van der Waals surface area contributed by atoms with Gasteiger partial charge in [-0.2, -0.15) is 0 Å².